The Kier molecular flexibility index (Phi) is 6.66. The second-order valence-corrected chi connectivity index (χ2v) is 4.52. The molecule has 0 bridgehead atoms. The van der Waals surface area contributed by atoms with Crippen molar-refractivity contribution >= 4 is 5.78 Å². The third-order valence-electron chi connectivity index (χ3n) is 3.03. The van der Waals surface area contributed by atoms with Crippen LogP contribution < -0.4 is 0 Å². The molecule has 0 aromatic carbocycles. The predicted octanol–water partition coefficient (Wildman–Crippen LogP) is 3.49. The molecule has 15 heavy (non-hydrogen) atoms. The average molecular weight is 212 g/mol. The molecule has 1 aliphatic rings. The minimum atomic E-state index is 0.439. The van der Waals surface area contributed by atoms with Gasteiger partial charge >= 0.3 is 0 Å². The molecular weight excluding hydrogens is 188 g/mol. The van der Waals surface area contributed by atoms with E-state index in [1.54, 1.807) is 0 Å². The lowest BCUT2D eigenvalue weighted by Crippen LogP contribution is -2.04. The molecule has 0 saturated carbocycles. The average Bonchev–Trinajstić information content (AvgIpc) is 2.70. The summed E-state index contributed by atoms with van der Waals surface area (Å²) < 4.78 is 5.55. The molecule has 1 saturated heterocycles. The van der Waals surface area contributed by atoms with Gasteiger partial charge in [0, 0.05) is 19.4 Å². The number of rotatable bonds is 8. The first-order valence-electron chi connectivity index (χ1n) is 6.46. The SMILES string of the molecule is CCCC(=O)CCCCCC1CCCO1. The van der Waals surface area contributed by atoms with Gasteiger partial charge < -0.3 is 4.74 Å². The number of ether oxygens (including phenoxy) is 1. The molecule has 0 aromatic heterocycles. The number of carbonyl (C=O) groups is 1. The summed E-state index contributed by atoms with van der Waals surface area (Å²) in [5.74, 6) is 0.439. The molecular formula is C13H24O2. The molecule has 1 heterocycles. The van der Waals surface area contributed by atoms with E-state index in [1.165, 1.54) is 32.1 Å². The normalized spacial score (nSPS) is 20.7. The highest BCUT2D eigenvalue weighted by Gasteiger charge is 2.14. The molecule has 2 nitrogen and oxygen atoms in total. The second-order valence-electron chi connectivity index (χ2n) is 4.52. The van der Waals surface area contributed by atoms with Crippen molar-refractivity contribution < 1.29 is 9.53 Å². The standard InChI is InChI=1S/C13H24O2/c1-2-7-12(14)8-4-3-5-9-13-10-6-11-15-13/h13H,2-11H2,1H3. The van der Waals surface area contributed by atoms with Crippen molar-refractivity contribution in [3.8, 4) is 0 Å². The van der Waals surface area contributed by atoms with Gasteiger partial charge in [-0.25, -0.2) is 0 Å². The van der Waals surface area contributed by atoms with Gasteiger partial charge in [-0.3, -0.25) is 4.79 Å². The molecule has 0 aromatic rings. The molecule has 2 heteroatoms. The zero-order valence-corrected chi connectivity index (χ0v) is 9.96. The van der Waals surface area contributed by atoms with Crippen LogP contribution in [0.25, 0.3) is 0 Å². The molecule has 1 rings (SSSR count). The van der Waals surface area contributed by atoms with Gasteiger partial charge in [-0.05, 0) is 32.1 Å². The molecule has 0 amide bonds. The topological polar surface area (TPSA) is 26.3 Å². The van der Waals surface area contributed by atoms with Crippen LogP contribution in [0.5, 0.6) is 0 Å². The number of ketones is 1. The fourth-order valence-corrected chi connectivity index (χ4v) is 2.15. The molecule has 1 aliphatic heterocycles. The van der Waals surface area contributed by atoms with Gasteiger partial charge in [0.1, 0.15) is 5.78 Å². The molecule has 1 fully saturated rings. The monoisotopic (exact) mass is 212 g/mol. The van der Waals surface area contributed by atoms with Gasteiger partial charge in [0.05, 0.1) is 6.10 Å². The lowest BCUT2D eigenvalue weighted by molar-refractivity contribution is -0.119. The third-order valence-corrected chi connectivity index (χ3v) is 3.03. The molecule has 1 unspecified atom stereocenters. The highest BCUT2D eigenvalue weighted by Crippen LogP contribution is 2.18. The van der Waals surface area contributed by atoms with E-state index < -0.39 is 0 Å². The summed E-state index contributed by atoms with van der Waals surface area (Å²) in [7, 11) is 0. The van der Waals surface area contributed by atoms with Gasteiger partial charge in [0.25, 0.3) is 0 Å². The van der Waals surface area contributed by atoms with E-state index in [2.05, 4.69) is 6.92 Å². The Bertz CT molecular complexity index is 171. The van der Waals surface area contributed by atoms with Crippen LogP contribution in [0.1, 0.15) is 64.7 Å². The first kappa shape index (κ1) is 12.7. The van der Waals surface area contributed by atoms with Crippen molar-refractivity contribution in [2.75, 3.05) is 6.61 Å². The van der Waals surface area contributed by atoms with Crippen molar-refractivity contribution in [2.24, 2.45) is 0 Å². The summed E-state index contributed by atoms with van der Waals surface area (Å²) in [4.78, 5) is 11.2. The van der Waals surface area contributed by atoms with E-state index in [0.717, 1.165) is 32.3 Å². The first-order valence-corrected chi connectivity index (χ1v) is 6.46. The van der Waals surface area contributed by atoms with E-state index in [0.29, 0.717) is 11.9 Å². The fraction of sp³-hybridized carbons (Fsp3) is 0.923. The summed E-state index contributed by atoms with van der Waals surface area (Å²) >= 11 is 0. The zero-order chi connectivity index (χ0) is 10.9. The zero-order valence-electron chi connectivity index (χ0n) is 9.96. The largest absolute Gasteiger partial charge is 0.378 e. The quantitative estimate of drug-likeness (QED) is 0.576. The van der Waals surface area contributed by atoms with Crippen LogP contribution in [0.15, 0.2) is 0 Å². The number of Topliss-reactive ketones (excluding diaryl/α,β-unsaturated/α-hetero) is 1. The molecule has 1 atom stereocenters. The van der Waals surface area contributed by atoms with Crippen molar-refractivity contribution in [3.63, 3.8) is 0 Å². The second kappa shape index (κ2) is 7.86. The van der Waals surface area contributed by atoms with E-state index in [9.17, 15) is 4.79 Å². The van der Waals surface area contributed by atoms with Crippen molar-refractivity contribution in [1.29, 1.82) is 0 Å². The Morgan fingerprint density at radius 3 is 2.80 bits per heavy atom. The summed E-state index contributed by atoms with van der Waals surface area (Å²) in [6.45, 7) is 3.02. The smallest absolute Gasteiger partial charge is 0.132 e. The number of carbonyl (C=O) groups excluding carboxylic acids is 1. The van der Waals surface area contributed by atoms with Gasteiger partial charge in [-0.1, -0.05) is 19.8 Å². The molecule has 0 aliphatic carbocycles. The van der Waals surface area contributed by atoms with Crippen LogP contribution >= 0.6 is 0 Å². The van der Waals surface area contributed by atoms with E-state index in [4.69, 9.17) is 4.74 Å². The molecule has 0 spiro atoms. The summed E-state index contributed by atoms with van der Waals surface area (Å²) in [6, 6.07) is 0. The van der Waals surface area contributed by atoms with Gasteiger partial charge in [0.2, 0.25) is 0 Å². The van der Waals surface area contributed by atoms with Gasteiger partial charge in [-0.15, -0.1) is 0 Å². The third kappa shape index (κ3) is 5.93. The van der Waals surface area contributed by atoms with Crippen LogP contribution in [0.2, 0.25) is 0 Å². The van der Waals surface area contributed by atoms with Crippen LogP contribution in [-0.4, -0.2) is 18.5 Å². The van der Waals surface area contributed by atoms with Crippen molar-refractivity contribution in [1.82, 2.24) is 0 Å². The van der Waals surface area contributed by atoms with Crippen LogP contribution in [-0.2, 0) is 9.53 Å². The number of unbranched alkanes of at least 4 members (excludes halogenated alkanes) is 2. The lowest BCUT2D eigenvalue weighted by Gasteiger charge is -2.08. The van der Waals surface area contributed by atoms with Crippen LogP contribution in [0.3, 0.4) is 0 Å². The van der Waals surface area contributed by atoms with Gasteiger partial charge in [-0.2, -0.15) is 0 Å². The van der Waals surface area contributed by atoms with E-state index >= 15 is 0 Å². The van der Waals surface area contributed by atoms with Gasteiger partial charge in [0.15, 0.2) is 0 Å². The molecule has 0 N–H and O–H groups in total. The summed E-state index contributed by atoms with van der Waals surface area (Å²) in [5.41, 5.74) is 0. The van der Waals surface area contributed by atoms with E-state index in [-0.39, 0.29) is 0 Å². The fourth-order valence-electron chi connectivity index (χ4n) is 2.15. The van der Waals surface area contributed by atoms with Crippen LogP contribution in [0.4, 0.5) is 0 Å². The maximum atomic E-state index is 11.2. The Labute approximate surface area is 93.4 Å². The Balaban J connectivity index is 1.86. The maximum absolute atomic E-state index is 11.2. The predicted molar refractivity (Wildman–Crippen MR) is 62.0 cm³/mol. The minimum absolute atomic E-state index is 0.439. The highest BCUT2D eigenvalue weighted by atomic mass is 16.5. The van der Waals surface area contributed by atoms with Crippen LogP contribution in [0, 0.1) is 0 Å². The summed E-state index contributed by atoms with van der Waals surface area (Å²) in [5, 5.41) is 0. The van der Waals surface area contributed by atoms with E-state index in [1.807, 2.05) is 0 Å². The number of hydrogen-bond acceptors (Lipinski definition) is 2. The molecule has 88 valence electrons. The first-order chi connectivity index (χ1) is 7.33. The van der Waals surface area contributed by atoms with Crippen molar-refractivity contribution in [3.05, 3.63) is 0 Å². The molecule has 0 radical (unpaired) electrons. The summed E-state index contributed by atoms with van der Waals surface area (Å²) in [6.07, 6.45) is 10.2. The Hall–Kier alpha value is -0.370. The Morgan fingerprint density at radius 2 is 2.13 bits per heavy atom. The van der Waals surface area contributed by atoms with Crippen molar-refractivity contribution in [2.45, 2.75) is 70.8 Å². The highest BCUT2D eigenvalue weighted by molar-refractivity contribution is 5.78. The maximum Gasteiger partial charge on any atom is 0.132 e. The minimum Gasteiger partial charge on any atom is -0.378 e. The lowest BCUT2D eigenvalue weighted by atomic mass is 10.0. The number of hydrogen-bond donors (Lipinski definition) is 0. The Morgan fingerprint density at radius 1 is 1.27 bits per heavy atom.